The van der Waals surface area contributed by atoms with Crippen molar-refractivity contribution in [3.8, 4) is 11.5 Å². The van der Waals surface area contributed by atoms with E-state index in [4.69, 9.17) is 20.6 Å². The van der Waals surface area contributed by atoms with Crippen LogP contribution >= 0.6 is 0 Å². The fraction of sp³-hybridized carbons (Fsp3) is 0.533. The van der Waals surface area contributed by atoms with Crippen LogP contribution in [0.25, 0.3) is 0 Å². The first-order valence-corrected chi connectivity index (χ1v) is 6.66. The quantitative estimate of drug-likeness (QED) is 0.559. The lowest BCUT2D eigenvalue weighted by Gasteiger charge is -2.22. The molecular formula is C15H24N2O2. The Kier molecular flexibility index (Phi) is 5.67. The number of nitrogens with two attached hydrogens (primary N) is 1. The Bertz CT molecular complexity index is 399. The van der Waals surface area contributed by atoms with E-state index in [1.54, 1.807) is 0 Å². The molecular weight excluding hydrogens is 240 g/mol. The van der Waals surface area contributed by atoms with Gasteiger partial charge < -0.3 is 15.2 Å². The van der Waals surface area contributed by atoms with Crippen molar-refractivity contribution >= 4 is 5.84 Å². The first kappa shape index (κ1) is 15.3. The van der Waals surface area contributed by atoms with E-state index in [1.807, 2.05) is 38.1 Å². The second-order valence-corrected chi connectivity index (χ2v) is 5.22. The van der Waals surface area contributed by atoms with E-state index in [9.17, 15) is 0 Å². The van der Waals surface area contributed by atoms with E-state index in [1.165, 1.54) is 0 Å². The zero-order valence-corrected chi connectivity index (χ0v) is 12.0. The Labute approximate surface area is 115 Å². The lowest BCUT2D eigenvalue weighted by atomic mass is 9.88. The number of benzene rings is 1. The van der Waals surface area contributed by atoms with Gasteiger partial charge in [0.2, 0.25) is 0 Å². The van der Waals surface area contributed by atoms with Crippen molar-refractivity contribution in [1.29, 1.82) is 5.41 Å². The minimum atomic E-state index is -0.315. The topological polar surface area (TPSA) is 68.3 Å². The van der Waals surface area contributed by atoms with Crippen LogP contribution in [-0.2, 0) is 0 Å². The SMILES string of the molecule is CCCOc1ccc(OCCC(C)(C)C(=N)N)cc1. The van der Waals surface area contributed by atoms with Gasteiger partial charge in [-0.2, -0.15) is 0 Å². The van der Waals surface area contributed by atoms with Crippen LogP contribution in [0.3, 0.4) is 0 Å². The largest absolute Gasteiger partial charge is 0.494 e. The summed E-state index contributed by atoms with van der Waals surface area (Å²) in [5.74, 6) is 1.86. The Morgan fingerprint density at radius 3 is 2.00 bits per heavy atom. The lowest BCUT2D eigenvalue weighted by molar-refractivity contribution is 0.267. The summed E-state index contributed by atoms with van der Waals surface area (Å²) in [6, 6.07) is 7.60. The van der Waals surface area contributed by atoms with Crippen LogP contribution in [0.15, 0.2) is 24.3 Å². The van der Waals surface area contributed by atoms with Crippen molar-refractivity contribution < 1.29 is 9.47 Å². The maximum absolute atomic E-state index is 7.48. The van der Waals surface area contributed by atoms with Crippen molar-refractivity contribution in [3.63, 3.8) is 0 Å². The number of hydrogen-bond acceptors (Lipinski definition) is 3. The molecule has 0 aromatic heterocycles. The summed E-state index contributed by atoms with van der Waals surface area (Å²) in [5, 5.41) is 7.48. The van der Waals surface area contributed by atoms with Gasteiger partial charge >= 0.3 is 0 Å². The maximum Gasteiger partial charge on any atom is 0.119 e. The van der Waals surface area contributed by atoms with E-state index >= 15 is 0 Å². The maximum atomic E-state index is 7.48. The van der Waals surface area contributed by atoms with Gasteiger partial charge in [0.05, 0.1) is 19.0 Å². The molecule has 1 rings (SSSR count). The van der Waals surface area contributed by atoms with Gasteiger partial charge in [0.25, 0.3) is 0 Å². The van der Waals surface area contributed by atoms with E-state index in [2.05, 4.69) is 6.92 Å². The van der Waals surface area contributed by atoms with Crippen LogP contribution in [0.1, 0.15) is 33.6 Å². The standard InChI is InChI=1S/C15H24N2O2/c1-4-10-18-12-5-7-13(8-6-12)19-11-9-15(2,3)14(16)17/h5-8H,4,9-11H2,1-3H3,(H3,16,17). The molecule has 0 unspecified atom stereocenters. The molecule has 3 N–H and O–H groups in total. The molecule has 0 radical (unpaired) electrons. The third-order valence-electron chi connectivity index (χ3n) is 3.02. The highest BCUT2D eigenvalue weighted by Crippen LogP contribution is 2.22. The highest BCUT2D eigenvalue weighted by Gasteiger charge is 2.21. The molecule has 0 aliphatic rings. The minimum Gasteiger partial charge on any atom is -0.494 e. The summed E-state index contributed by atoms with van der Waals surface area (Å²) in [6.45, 7) is 7.24. The van der Waals surface area contributed by atoms with Crippen molar-refractivity contribution in [1.82, 2.24) is 0 Å². The van der Waals surface area contributed by atoms with Gasteiger partial charge in [-0.3, -0.25) is 5.41 Å². The number of nitrogens with one attached hydrogen (secondary N) is 1. The van der Waals surface area contributed by atoms with Crippen LogP contribution in [0.5, 0.6) is 11.5 Å². The fourth-order valence-electron chi connectivity index (χ4n) is 1.41. The van der Waals surface area contributed by atoms with Crippen LogP contribution in [0.2, 0.25) is 0 Å². The first-order chi connectivity index (χ1) is 8.95. The molecule has 0 saturated carbocycles. The summed E-state index contributed by atoms with van der Waals surface area (Å²) in [4.78, 5) is 0. The molecule has 0 fully saturated rings. The second kappa shape index (κ2) is 7.02. The predicted octanol–water partition coefficient (Wildman–Crippen LogP) is 3.21. The monoisotopic (exact) mass is 264 g/mol. The Balaban J connectivity index is 2.40. The fourth-order valence-corrected chi connectivity index (χ4v) is 1.41. The summed E-state index contributed by atoms with van der Waals surface area (Å²) in [6.07, 6.45) is 1.72. The molecule has 0 bridgehead atoms. The van der Waals surface area contributed by atoms with E-state index < -0.39 is 0 Å². The first-order valence-electron chi connectivity index (χ1n) is 6.66. The van der Waals surface area contributed by atoms with Gasteiger partial charge in [0.15, 0.2) is 0 Å². The van der Waals surface area contributed by atoms with Crippen LogP contribution in [0.4, 0.5) is 0 Å². The van der Waals surface area contributed by atoms with Gasteiger partial charge in [0, 0.05) is 5.41 Å². The minimum absolute atomic E-state index is 0.194. The number of hydrogen-bond donors (Lipinski definition) is 2. The molecule has 0 atom stereocenters. The van der Waals surface area contributed by atoms with Gasteiger partial charge in [-0.05, 0) is 37.1 Å². The molecule has 0 aliphatic carbocycles. The second-order valence-electron chi connectivity index (χ2n) is 5.22. The molecule has 0 saturated heterocycles. The van der Waals surface area contributed by atoms with Crippen molar-refractivity contribution in [2.24, 2.45) is 11.1 Å². The Morgan fingerprint density at radius 1 is 1.11 bits per heavy atom. The summed E-state index contributed by atoms with van der Waals surface area (Å²) in [7, 11) is 0. The predicted molar refractivity (Wildman–Crippen MR) is 78.0 cm³/mol. The molecule has 106 valence electrons. The molecule has 0 aliphatic heterocycles. The summed E-state index contributed by atoms with van der Waals surface area (Å²) >= 11 is 0. The van der Waals surface area contributed by atoms with E-state index in [-0.39, 0.29) is 11.3 Å². The van der Waals surface area contributed by atoms with Crippen molar-refractivity contribution in [2.75, 3.05) is 13.2 Å². The molecule has 19 heavy (non-hydrogen) atoms. The van der Waals surface area contributed by atoms with Crippen LogP contribution < -0.4 is 15.2 Å². The highest BCUT2D eigenvalue weighted by atomic mass is 16.5. The Morgan fingerprint density at radius 2 is 1.58 bits per heavy atom. The molecule has 0 amide bonds. The average molecular weight is 264 g/mol. The van der Waals surface area contributed by atoms with Crippen LogP contribution in [-0.4, -0.2) is 19.0 Å². The van der Waals surface area contributed by atoms with Gasteiger partial charge in [-0.1, -0.05) is 20.8 Å². The third kappa shape index (κ3) is 5.20. The number of amidine groups is 1. The third-order valence-corrected chi connectivity index (χ3v) is 3.02. The van der Waals surface area contributed by atoms with Crippen molar-refractivity contribution in [2.45, 2.75) is 33.6 Å². The van der Waals surface area contributed by atoms with Gasteiger partial charge in [-0.15, -0.1) is 0 Å². The molecule has 0 spiro atoms. The smallest absolute Gasteiger partial charge is 0.119 e. The summed E-state index contributed by atoms with van der Waals surface area (Å²) in [5.41, 5.74) is 5.21. The lowest BCUT2D eigenvalue weighted by Crippen LogP contribution is -2.32. The van der Waals surface area contributed by atoms with Crippen molar-refractivity contribution in [3.05, 3.63) is 24.3 Å². The molecule has 1 aromatic carbocycles. The number of rotatable bonds is 8. The highest BCUT2D eigenvalue weighted by molar-refractivity contribution is 5.82. The average Bonchev–Trinajstić information content (AvgIpc) is 2.37. The molecule has 0 heterocycles. The van der Waals surface area contributed by atoms with Crippen LogP contribution in [0, 0.1) is 10.8 Å². The van der Waals surface area contributed by atoms with E-state index in [0.717, 1.165) is 30.9 Å². The van der Waals surface area contributed by atoms with Gasteiger partial charge in [0.1, 0.15) is 11.5 Å². The normalized spacial score (nSPS) is 11.1. The van der Waals surface area contributed by atoms with Gasteiger partial charge in [-0.25, -0.2) is 0 Å². The Hall–Kier alpha value is -1.71. The molecule has 4 nitrogen and oxygen atoms in total. The molecule has 4 heteroatoms. The van der Waals surface area contributed by atoms with E-state index in [0.29, 0.717) is 6.61 Å². The zero-order valence-electron chi connectivity index (χ0n) is 12.0. The summed E-state index contributed by atoms with van der Waals surface area (Å²) < 4.78 is 11.1. The number of ether oxygens (including phenoxy) is 2. The zero-order chi connectivity index (χ0) is 14.3. The molecule has 1 aromatic rings.